The summed E-state index contributed by atoms with van der Waals surface area (Å²) in [6.07, 6.45) is 2.06. The summed E-state index contributed by atoms with van der Waals surface area (Å²) < 4.78 is 0. The van der Waals surface area contributed by atoms with Gasteiger partial charge in [-0.15, -0.1) is 0 Å². The number of rotatable bonds is 6. The molecule has 1 aliphatic rings. The zero-order valence-electron chi connectivity index (χ0n) is 12.7. The van der Waals surface area contributed by atoms with E-state index in [1.165, 1.54) is 6.92 Å². The largest absolute Gasteiger partial charge is 0.480 e. The number of imide groups is 1. The van der Waals surface area contributed by atoms with Gasteiger partial charge in [-0.2, -0.15) is 0 Å². The van der Waals surface area contributed by atoms with Crippen LogP contribution in [0.25, 0.3) is 0 Å². The van der Waals surface area contributed by atoms with Crippen LogP contribution < -0.4 is 5.32 Å². The van der Waals surface area contributed by atoms with Crippen LogP contribution in [0.4, 0.5) is 4.79 Å². The first-order valence-corrected chi connectivity index (χ1v) is 7.38. The Morgan fingerprint density at radius 2 is 1.95 bits per heavy atom. The zero-order valence-corrected chi connectivity index (χ0v) is 12.7. The Labute approximate surface area is 129 Å². The van der Waals surface area contributed by atoms with Crippen LogP contribution in [-0.4, -0.2) is 34.0 Å². The summed E-state index contributed by atoms with van der Waals surface area (Å²) in [6, 6.07) is 7.14. The highest BCUT2D eigenvalue weighted by molar-refractivity contribution is 6.09. The second kappa shape index (κ2) is 6.17. The van der Waals surface area contributed by atoms with E-state index in [0.717, 1.165) is 17.7 Å². The van der Waals surface area contributed by atoms with Crippen LogP contribution >= 0.6 is 0 Å². The first-order valence-electron chi connectivity index (χ1n) is 7.38. The average Bonchev–Trinajstić information content (AvgIpc) is 2.77. The number of carbonyl (C=O) groups excluding carboxylic acids is 2. The Morgan fingerprint density at radius 1 is 1.32 bits per heavy atom. The van der Waals surface area contributed by atoms with E-state index >= 15 is 0 Å². The van der Waals surface area contributed by atoms with Crippen molar-refractivity contribution in [1.82, 2.24) is 10.2 Å². The van der Waals surface area contributed by atoms with Crippen molar-refractivity contribution in [2.24, 2.45) is 0 Å². The second-order valence-electron chi connectivity index (χ2n) is 5.49. The molecule has 0 aromatic heterocycles. The lowest BCUT2D eigenvalue weighted by Gasteiger charge is -2.28. The minimum absolute atomic E-state index is 0.445. The summed E-state index contributed by atoms with van der Waals surface area (Å²) in [5, 5.41) is 11.8. The van der Waals surface area contributed by atoms with Crippen molar-refractivity contribution in [2.45, 2.75) is 44.7 Å². The highest BCUT2D eigenvalue weighted by Crippen LogP contribution is 2.35. The number of carboxylic acid groups (broad SMARTS) is 1. The first kappa shape index (κ1) is 16.0. The highest BCUT2D eigenvalue weighted by atomic mass is 16.4. The van der Waals surface area contributed by atoms with E-state index in [0.29, 0.717) is 12.0 Å². The van der Waals surface area contributed by atoms with Crippen molar-refractivity contribution in [1.29, 1.82) is 0 Å². The molecular weight excluding hydrogens is 284 g/mol. The molecule has 22 heavy (non-hydrogen) atoms. The predicted molar refractivity (Wildman–Crippen MR) is 80.1 cm³/mol. The van der Waals surface area contributed by atoms with Crippen molar-refractivity contribution < 1.29 is 19.5 Å². The average molecular weight is 304 g/mol. The summed E-state index contributed by atoms with van der Waals surface area (Å²) >= 11 is 0. The van der Waals surface area contributed by atoms with Crippen molar-refractivity contribution in [3.05, 3.63) is 35.9 Å². The molecule has 118 valence electrons. The van der Waals surface area contributed by atoms with Crippen LogP contribution in [0.1, 0.15) is 38.7 Å². The van der Waals surface area contributed by atoms with Crippen LogP contribution in [0.5, 0.6) is 0 Å². The lowest BCUT2D eigenvalue weighted by atomic mass is 9.84. The van der Waals surface area contributed by atoms with Gasteiger partial charge >= 0.3 is 12.0 Å². The number of nitrogens with zero attached hydrogens (tertiary/aromatic N) is 1. The molecule has 0 bridgehead atoms. The van der Waals surface area contributed by atoms with Gasteiger partial charge < -0.3 is 10.4 Å². The molecule has 6 nitrogen and oxygen atoms in total. The van der Waals surface area contributed by atoms with E-state index in [2.05, 4.69) is 5.32 Å². The minimum atomic E-state index is -1.21. The fourth-order valence-electron chi connectivity index (χ4n) is 2.73. The maximum Gasteiger partial charge on any atom is 0.326 e. The number of hydrogen-bond acceptors (Lipinski definition) is 3. The van der Waals surface area contributed by atoms with E-state index in [9.17, 15) is 14.4 Å². The SMILES string of the molecule is CCCCC1(c2ccccc2)NC(=O)N(C(C)C(=O)O)C1=O. The topological polar surface area (TPSA) is 86.7 Å². The fraction of sp³-hybridized carbons (Fsp3) is 0.438. The van der Waals surface area contributed by atoms with E-state index in [-0.39, 0.29) is 0 Å². The van der Waals surface area contributed by atoms with Gasteiger partial charge in [0.05, 0.1) is 0 Å². The number of unbranched alkanes of at least 4 members (excludes halogenated alkanes) is 1. The molecular formula is C16H20N2O4. The van der Waals surface area contributed by atoms with E-state index in [4.69, 9.17) is 5.11 Å². The molecule has 2 atom stereocenters. The van der Waals surface area contributed by atoms with Gasteiger partial charge in [-0.3, -0.25) is 4.79 Å². The van der Waals surface area contributed by atoms with E-state index in [1.54, 1.807) is 24.3 Å². The monoisotopic (exact) mass is 304 g/mol. The molecule has 0 aliphatic carbocycles. The quantitative estimate of drug-likeness (QED) is 0.788. The van der Waals surface area contributed by atoms with Crippen molar-refractivity contribution in [2.75, 3.05) is 0 Å². The van der Waals surface area contributed by atoms with E-state index < -0.39 is 29.5 Å². The summed E-state index contributed by atoms with van der Waals surface area (Å²) in [5.41, 5.74) is -0.486. The molecule has 1 aromatic carbocycles. The third-order valence-corrected chi connectivity index (χ3v) is 4.04. The van der Waals surface area contributed by atoms with Crippen molar-refractivity contribution >= 4 is 17.9 Å². The van der Waals surface area contributed by atoms with Crippen molar-refractivity contribution in [3.63, 3.8) is 0 Å². The van der Waals surface area contributed by atoms with Crippen LogP contribution in [0, 0.1) is 0 Å². The van der Waals surface area contributed by atoms with Gasteiger partial charge in [0.25, 0.3) is 5.91 Å². The molecule has 0 saturated carbocycles. The van der Waals surface area contributed by atoms with Gasteiger partial charge in [0, 0.05) is 0 Å². The molecule has 1 saturated heterocycles. The third-order valence-electron chi connectivity index (χ3n) is 4.04. The number of benzene rings is 1. The Morgan fingerprint density at radius 3 is 2.50 bits per heavy atom. The Bertz CT molecular complexity index is 587. The van der Waals surface area contributed by atoms with Crippen LogP contribution in [0.2, 0.25) is 0 Å². The number of carboxylic acids is 1. The van der Waals surface area contributed by atoms with Crippen LogP contribution in [-0.2, 0) is 15.1 Å². The molecule has 6 heteroatoms. The number of nitrogens with one attached hydrogen (secondary N) is 1. The van der Waals surface area contributed by atoms with Gasteiger partial charge in [0.2, 0.25) is 0 Å². The van der Waals surface area contributed by atoms with Gasteiger partial charge in [-0.25, -0.2) is 14.5 Å². The molecule has 2 unspecified atom stereocenters. The fourth-order valence-corrected chi connectivity index (χ4v) is 2.73. The zero-order chi connectivity index (χ0) is 16.3. The van der Waals surface area contributed by atoms with Crippen molar-refractivity contribution in [3.8, 4) is 0 Å². The van der Waals surface area contributed by atoms with Gasteiger partial charge in [-0.05, 0) is 18.9 Å². The van der Waals surface area contributed by atoms with Crippen LogP contribution in [0.3, 0.4) is 0 Å². The summed E-state index contributed by atoms with van der Waals surface area (Å²) in [5.74, 6) is -1.70. The smallest absolute Gasteiger partial charge is 0.326 e. The molecule has 2 N–H and O–H groups in total. The number of carbonyl (C=O) groups is 3. The number of aliphatic carboxylic acids is 1. The molecule has 2 rings (SSSR count). The summed E-state index contributed by atoms with van der Waals surface area (Å²) in [7, 11) is 0. The number of amides is 3. The maximum absolute atomic E-state index is 12.9. The van der Waals surface area contributed by atoms with Crippen LogP contribution in [0.15, 0.2) is 30.3 Å². The van der Waals surface area contributed by atoms with Gasteiger partial charge in [0.1, 0.15) is 11.6 Å². The number of urea groups is 1. The Kier molecular flexibility index (Phi) is 4.49. The standard InChI is InChI=1S/C16H20N2O4/c1-3-4-10-16(12-8-6-5-7-9-12)14(21)18(15(22)17-16)11(2)13(19)20/h5-9,11H,3-4,10H2,1-2H3,(H,17,22)(H,19,20). The molecule has 0 radical (unpaired) electrons. The molecule has 1 fully saturated rings. The normalized spacial score (nSPS) is 22.5. The first-order chi connectivity index (χ1) is 10.4. The predicted octanol–water partition coefficient (Wildman–Crippen LogP) is 2.10. The number of hydrogen-bond donors (Lipinski definition) is 2. The third kappa shape index (κ3) is 2.56. The molecule has 0 spiro atoms. The second-order valence-corrected chi connectivity index (χ2v) is 5.49. The molecule has 3 amide bonds. The summed E-state index contributed by atoms with van der Waals surface area (Å²) in [6.45, 7) is 3.33. The Balaban J connectivity index is 2.45. The van der Waals surface area contributed by atoms with Gasteiger partial charge in [-0.1, -0.05) is 50.1 Å². The molecule has 1 aromatic rings. The highest BCUT2D eigenvalue weighted by Gasteiger charge is 2.54. The minimum Gasteiger partial charge on any atom is -0.480 e. The lowest BCUT2D eigenvalue weighted by molar-refractivity contribution is -0.147. The Hall–Kier alpha value is -2.37. The molecule has 1 aliphatic heterocycles. The van der Waals surface area contributed by atoms with Gasteiger partial charge in [0.15, 0.2) is 0 Å². The summed E-state index contributed by atoms with van der Waals surface area (Å²) in [4.78, 5) is 37.1. The molecule has 1 heterocycles. The maximum atomic E-state index is 12.9. The lowest BCUT2D eigenvalue weighted by Crippen LogP contribution is -2.46. The van der Waals surface area contributed by atoms with E-state index in [1.807, 2.05) is 13.0 Å².